The zero-order valence-corrected chi connectivity index (χ0v) is 9.24. The van der Waals surface area contributed by atoms with Gasteiger partial charge >= 0.3 is 0 Å². The first-order valence-corrected chi connectivity index (χ1v) is 5.39. The van der Waals surface area contributed by atoms with Gasteiger partial charge in [0, 0.05) is 11.1 Å². The Morgan fingerprint density at radius 2 is 1.65 bits per heavy atom. The van der Waals surface area contributed by atoms with E-state index in [9.17, 15) is 10.2 Å². The summed E-state index contributed by atoms with van der Waals surface area (Å²) < 4.78 is 0. The Morgan fingerprint density at radius 1 is 1.00 bits per heavy atom. The Balaban J connectivity index is 2.58. The Morgan fingerprint density at radius 3 is 2.35 bits per heavy atom. The van der Waals surface area contributed by atoms with E-state index in [1.807, 2.05) is 12.1 Å². The van der Waals surface area contributed by atoms with Gasteiger partial charge in [0.15, 0.2) is 0 Å². The van der Waals surface area contributed by atoms with E-state index in [1.165, 1.54) is 0 Å². The minimum absolute atomic E-state index is 0.486. The fourth-order valence-corrected chi connectivity index (χ4v) is 1.92. The minimum atomic E-state index is -1.19. The van der Waals surface area contributed by atoms with Crippen molar-refractivity contribution in [2.75, 3.05) is 12.3 Å². The van der Waals surface area contributed by atoms with Crippen LogP contribution < -0.4 is 5.73 Å². The number of hydrogen-bond donors (Lipinski definition) is 4. The maximum Gasteiger partial charge on any atom is 0.108 e. The molecule has 0 amide bonds. The molecule has 2 rings (SSSR count). The van der Waals surface area contributed by atoms with Crippen LogP contribution in [-0.4, -0.2) is 28.0 Å². The molecular formula is C13H15NO3. The summed E-state index contributed by atoms with van der Waals surface area (Å²) in [5.74, 6) is 0. The normalized spacial score (nSPS) is 14.8. The lowest BCUT2D eigenvalue weighted by atomic mass is 9.97. The van der Waals surface area contributed by atoms with Gasteiger partial charge in [-0.15, -0.1) is 0 Å². The zero-order chi connectivity index (χ0) is 12.4. The Kier molecular flexibility index (Phi) is 3.28. The molecule has 90 valence electrons. The number of fused-ring (bicyclic) bond motifs is 1. The molecule has 0 aliphatic carbocycles. The van der Waals surface area contributed by atoms with E-state index >= 15 is 0 Å². The van der Waals surface area contributed by atoms with Crippen LogP contribution in [0.4, 0.5) is 5.69 Å². The molecule has 4 heteroatoms. The number of nitrogen functional groups attached to an aromatic ring is 1. The molecule has 2 aromatic carbocycles. The van der Waals surface area contributed by atoms with Gasteiger partial charge in [0.05, 0.1) is 6.61 Å². The number of rotatable bonds is 3. The van der Waals surface area contributed by atoms with E-state index in [4.69, 9.17) is 10.8 Å². The number of hydrogen-bond acceptors (Lipinski definition) is 4. The van der Waals surface area contributed by atoms with Crippen LogP contribution in [0.25, 0.3) is 10.8 Å². The monoisotopic (exact) mass is 233 g/mol. The van der Waals surface area contributed by atoms with Crippen molar-refractivity contribution < 1.29 is 15.3 Å². The molecular weight excluding hydrogens is 218 g/mol. The van der Waals surface area contributed by atoms with Crippen LogP contribution in [0.2, 0.25) is 0 Å². The summed E-state index contributed by atoms with van der Waals surface area (Å²) in [5, 5.41) is 29.9. The van der Waals surface area contributed by atoms with Gasteiger partial charge in [-0.2, -0.15) is 0 Å². The molecule has 2 unspecified atom stereocenters. The van der Waals surface area contributed by atoms with Gasteiger partial charge < -0.3 is 21.1 Å². The van der Waals surface area contributed by atoms with Gasteiger partial charge in [0.1, 0.15) is 12.2 Å². The topological polar surface area (TPSA) is 86.7 Å². The number of aliphatic hydroxyl groups excluding tert-OH is 3. The molecule has 2 atom stereocenters. The van der Waals surface area contributed by atoms with E-state index < -0.39 is 18.8 Å². The van der Waals surface area contributed by atoms with E-state index in [2.05, 4.69) is 0 Å². The summed E-state index contributed by atoms with van der Waals surface area (Å²) >= 11 is 0. The lowest BCUT2D eigenvalue weighted by molar-refractivity contribution is -0.0145. The molecule has 17 heavy (non-hydrogen) atoms. The highest BCUT2D eigenvalue weighted by molar-refractivity contribution is 5.95. The van der Waals surface area contributed by atoms with Crippen molar-refractivity contribution in [3.05, 3.63) is 42.0 Å². The maximum atomic E-state index is 9.93. The molecule has 0 saturated heterocycles. The summed E-state index contributed by atoms with van der Waals surface area (Å²) in [4.78, 5) is 0. The molecule has 0 spiro atoms. The molecule has 0 fully saturated rings. The van der Waals surface area contributed by atoms with Crippen molar-refractivity contribution in [2.24, 2.45) is 0 Å². The quantitative estimate of drug-likeness (QED) is 0.591. The molecule has 2 aromatic rings. The summed E-state index contributed by atoms with van der Waals surface area (Å²) in [6.45, 7) is -0.486. The largest absolute Gasteiger partial charge is 0.398 e. The smallest absolute Gasteiger partial charge is 0.108 e. The van der Waals surface area contributed by atoms with Gasteiger partial charge in [-0.25, -0.2) is 0 Å². The molecule has 5 N–H and O–H groups in total. The standard InChI is InChI=1S/C13H15NO3/c14-11-6-2-3-8-9(11)4-1-5-10(8)13(17)12(16)7-15/h1-6,12-13,15-17H,7,14H2. The van der Waals surface area contributed by atoms with Crippen molar-refractivity contribution in [3.63, 3.8) is 0 Å². The van der Waals surface area contributed by atoms with Crippen molar-refractivity contribution in [1.82, 2.24) is 0 Å². The second-order valence-corrected chi connectivity index (χ2v) is 3.98. The van der Waals surface area contributed by atoms with Crippen molar-refractivity contribution in [1.29, 1.82) is 0 Å². The summed E-state index contributed by atoms with van der Waals surface area (Å²) in [6, 6.07) is 10.7. The van der Waals surface area contributed by atoms with Crippen LogP contribution in [0.3, 0.4) is 0 Å². The molecule has 0 aromatic heterocycles. The van der Waals surface area contributed by atoms with Crippen LogP contribution in [0.1, 0.15) is 11.7 Å². The first-order chi connectivity index (χ1) is 8.15. The molecule has 4 nitrogen and oxygen atoms in total. The number of benzene rings is 2. The van der Waals surface area contributed by atoms with Crippen molar-refractivity contribution >= 4 is 16.5 Å². The van der Waals surface area contributed by atoms with Crippen LogP contribution in [0.15, 0.2) is 36.4 Å². The Hall–Kier alpha value is -1.62. The third-order valence-electron chi connectivity index (χ3n) is 2.86. The Labute approximate surface area is 98.9 Å². The van der Waals surface area contributed by atoms with E-state index in [0.717, 1.165) is 10.8 Å². The summed E-state index contributed by atoms with van der Waals surface area (Å²) in [6.07, 6.45) is -2.31. The predicted molar refractivity (Wildman–Crippen MR) is 66.4 cm³/mol. The minimum Gasteiger partial charge on any atom is -0.398 e. The third kappa shape index (κ3) is 2.10. The average Bonchev–Trinajstić information content (AvgIpc) is 2.37. The summed E-state index contributed by atoms with van der Waals surface area (Å²) in [7, 11) is 0. The highest BCUT2D eigenvalue weighted by Crippen LogP contribution is 2.29. The van der Waals surface area contributed by atoms with Gasteiger partial charge in [0.2, 0.25) is 0 Å². The van der Waals surface area contributed by atoms with Gasteiger partial charge in [-0.1, -0.05) is 30.3 Å². The highest BCUT2D eigenvalue weighted by atomic mass is 16.4. The fourth-order valence-electron chi connectivity index (χ4n) is 1.92. The van der Waals surface area contributed by atoms with Crippen molar-refractivity contribution in [2.45, 2.75) is 12.2 Å². The molecule has 0 bridgehead atoms. The lowest BCUT2D eigenvalue weighted by Gasteiger charge is -2.18. The van der Waals surface area contributed by atoms with Gasteiger partial charge in [0.25, 0.3) is 0 Å². The zero-order valence-electron chi connectivity index (χ0n) is 9.24. The van der Waals surface area contributed by atoms with E-state index in [0.29, 0.717) is 11.3 Å². The first kappa shape index (κ1) is 11.9. The van der Waals surface area contributed by atoms with Crippen LogP contribution in [0.5, 0.6) is 0 Å². The predicted octanol–water partition coefficient (Wildman–Crippen LogP) is 0.809. The molecule has 0 aliphatic heterocycles. The van der Waals surface area contributed by atoms with E-state index in [-0.39, 0.29) is 0 Å². The second-order valence-electron chi connectivity index (χ2n) is 3.98. The highest BCUT2D eigenvalue weighted by Gasteiger charge is 2.19. The van der Waals surface area contributed by atoms with Crippen LogP contribution in [0, 0.1) is 0 Å². The average molecular weight is 233 g/mol. The molecule has 0 radical (unpaired) electrons. The fraction of sp³-hybridized carbons (Fsp3) is 0.231. The molecule has 0 saturated carbocycles. The second kappa shape index (κ2) is 4.71. The first-order valence-electron chi connectivity index (χ1n) is 5.39. The lowest BCUT2D eigenvalue weighted by Crippen LogP contribution is -2.22. The number of nitrogens with two attached hydrogens (primary N) is 1. The van der Waals surface area contributed by atoms with Gasteiger partial charge in [-0.3, -0.25) is 0 Å². The molecule has 0 heterocycles. The van der Waals surface area contributed by atoms with Crippen LogP contribution >= 0.6 is 0 Å². The maximum absolute atomic E-state index is 9.93. The SMILES string of the molecule is Nc1cccc2c(C(O)C(O)CO)cccc12. The number of aliphatic hydroxyl groups is 3. The Bertz CT molecular complexity index is 527. The van der Waals surface area contributed by atoms with Crippen LogP contribution in [-0.2, 0) is 0 Å². The third-order valence-corrected chi connectivity index (χ3v) is 2.86. The number of anilines is 1. The van der Waals surface area contributed by atoms with E-state index in [1.54, 1.807) is 24.3 Å². The van der Waals surface area contributed by atoms with Crippen molar-refractivity contribution in [3.8, 4) is 0 Å². The van der Waals surface area contributed by atoms with Gasteiger partial charge in [-0.05, 0) is 17.0 Å². The molecule has 0 aliphatic rings. The summed E-state index contributed by atoms with van der Waals surface area (Å²) in [5.41, 5.74) is 7.03.